The van der Waals surface area contributed by atoms with Gasteiger partial charge in [0.2, 0.25) is 5.91 Å². The average molecular weight is 359 g/mol. The molecule has 1 aliphatic heterocycles. The molecule has 1 unspecified atom stereocenters. The number of nitrogens with zero attached hydrogens (tertiary/aromatic N) is 1. The summed E-state index contributed by atoms with van der Waals surface area (Å²) in [6.07, 6.45) is -0.0667. The Hall–Kier alpha value is -2.53. The molecule has 1 atom stereocenters. The molecule has 5 nitrogen and oxygen atoms in total. The summed E-state index contributed by atoms with van der Waals surface area (Å²) >= 11 is 5.88. The quantitative estimate of drug-likeness (QED) is 0.888. The Morgan fingerprint density at radius 1 is 1.16 bits per heavy atom. The molecule has 1 aliphatic rings. The van der Waals surface area contributed by atoms with Crippen LogP contribution in [0.1, 0.15) is 12.0 Å². The monoisotopic (exact) mass is 358 g/mol. The minimum atomic E-state index is -0.471. The van der Waals surface area contributed by atoms with E-state index >= 15 is 0 Å². The molecule has 25 heavy (non-hydrogen) atoms. The Labute approximate surface area is 151 Å². The largest absolute Gasteiger partial charge is 0.445 e. The van der Waals surface area contributed by atoms with Crippen molar-refractivity contribution >= 4 is 29.3 Å². The highest BCUT2D eigenvalue weighted by atomic mass is 35.5. The topological polar surface area (TPSA) is 58.6 Å². The summed E-state index contributed by atoms with van der Waals surface area (Å²) in [6.45, 7) is 1.20. The SMILES string of the molecule is O=C(NCC1CC(=O)N(c2ccc(Cl)cc2)C1)OCc1ccccc1. The average Bonchev–Trinajstić information content (AvgIpc) is 3.00. The van der Waals surface area contributed by atoms with Crippen molar-refractivity contribution < 1.29 is 14.3 Å². The lowest BCUT2D eigenvalue weighted by Crippen LogP contribution is -2.31. The van der Waals surface area contributed by atoms with Gasteiger partial charge in [0.25, 0.3) is 0 Å². The number of ether oxygens (including phenoxy) is 1. The van der Waals surface area contributed by atoms with Gasteiger partial charge in [-0.25, -0.2) is 4.79 Å². The van der Waals surface area contributed by atoms with Gasteiger partial charge in [-0.3, -0.25) is 4.79 Å². The van der Waals surface area contributed by atoms with E-state index in [4.69, 9.17) is 16.3 Å². The van der Waals surface area contributed by atoms with Crippen molar-refractivity contribution in [1.29, 1.82) is 0 Å². The second kappa shape index (κ2) is 8.03. The first-order chi connectivity index (χ1) is 12.1. The molecule has 0 aromatic heterocycles. The molecule has 0 spiro atoms. The molecule has 130 valence electrons. The molecule has 0 aliphatic carbocycles. The van der Waals surface area contributed by atoms with Crippen LogP contribution < -0.4 is 10.2 Å². The molecule has 1 saturated heterocycles. The van der Waals surface area contributed by atoms with Crippen LogP contribution in [0.25, 0.3) is 0 Å². The molecule has 2 aromatic carbocycles. The van der Waals surface area contributed by atoms with E-state index in [2.05, 4.69) is 5.32 Å². The van der Waals surface area contributed by atoms with Crippen molar-refractivity contribution in [3.63, 3.8) is 0 Å². The highest BCUT2D eigenvalue weighted by Gasteiger charge is 2.30. The number of rotatable bonds is 5. The van der Waals surface area contributed by atoms with Gasteiger partial charge in [0.15, 0.2) is 0 Å². The van der Waals surface area contributed by atoms with Crippen LogP contribution in [0.4, 0.5) is 10.5 Å². The Morgan fingerprint density at radius 2 is 1.88 bits per heavy atom. The number of nitrogens with one attached hydrogen (secondary N) is 1. The van der Waals surface area contributed by atoms with E-state index < -0.39 is 6.09 Å². The molecule has 0 saturated carbocycles. The number of benzene rings is 2. The number of hydrogen-bond acceptors (Lipinski definition) is 3. The molecule has 2 aromatic rings. The van der Waals surface area contributed by atoms with Crippen molar-refractivity contribution in [2.75, 3.05) is 18.0 Å². The van der Waals surface area contributed by atoms with Crippen LogP contribution in [0.2, 0.25) is 5.02 Å². The zero-order valence-electron chi connectivity index (χ0n) is 13.7. The Morgan fingerprint density at radius 3 is 2.60 bits per heavy atom. The predicted octanol–water partition coefficient (Wildman–Crippen LogP) is 3.62. The van der Waals surface area contributed by atoms with Crippen LogP contribution in [-0.2, 0) is 16.1 Å². The number of amides is 2. The van der Waals surface area contributed by atoms with Gasteiger partial charge in [0.1, 0.15) is 6.61 Å². The number of carbonyl (C=O) groups is 2. The summed E-state index contributed by atoms with van der Waals surface area (Å²) in [5.74, 6) is 0.110. The van der Waals surface area contributed by atoms with Crippen molar-refractivity contribution in [3.8, 4) is 0 Å². The van der Waals surface area contributed by atoms with Crippen LogP contribution >= 0.6 is 11.6 Å². The smallest absolute Gasteiger partial charge is 0.407 e. The third-order valence-corrected chi connectivity index (χ3v) is 4.34. The summed E-state index contributed by atoms with van der Waals surface area (Å²) in [7, 11) is 0. The van der Waals surface area contributed by atoms with E-state index in [0.29, 0.717) is 24.5 Å². The minimum absolute atomic E-state index is 0.0479. The summed E-state index contributed by atoms with van der Waals surface area (Å²) in [6, 6.07) is 16.7. The van der Waals surface area contributed by atoms with Gasteiger partial charge in [0, 0.05) is 36.1 Å². The number of anilines is 1. The summed E-state index contributed by atoms with van der Waals surface area (Å²) in [5, 5.41) is 3.37. The zero-order chi connectivity index (χ0) is 17.6. The van der Waals surface area contributed by atoms with Gasteiger partial charge in [-0.1, -0.05) is 41.9 Å². The lowest BCUT2D eigenvalue weighted by Gasteiger charge is -2.17. The van der Waals surface area contributed by atoms with Crippen molar-refractivity contribution in [1.82, 2.24) is 5.32 Å². The van der Waals surface area contributed by atoms with Crippen molar-refractivity contribution in [3.05, 3.63) is 65.2 Å². The molecule has 1 N–H and O–H groups in total. The molecular formula is C19H19ClN2O3. The standard InChI is InChI=1S/C19H19ClN2O3/c20-16-6-8-17(9-7-16)22-12-15(10-18(22)23)11-21-19(24)25-13-14-4-2-1-3-5-14/h1-9,15H,10-13H2,(H,21,24). The van der Waals surface area contributed by atoms with Crippen LogP contribution in [0.5, 0.6) is 0 Å². The van der Waals surface area contributed by atoms with Gasteiger partial charge in [-0.15, -0.1) is 0 Å². The highest BCUT2D eigenvalue weighted by Crippen LogP contribution is 2.25. The van der Waals surface area contributed by atoms with E-state index in [1.54, 1.807) is 17.0 Å². The van der Waals surface area contributed by atoms with Crippen LogP contribution in [0.3, 0.4) is 0 Å². The van der Waals surface area contributed by atoms with Crippen molar-refractivity contribution in [2.24, 2.45) is 5.92 Å². The highest BCUT2D eigenvalue weighted by molar-refractivity contribution is 6.30. The first-order valence-electron chi connectivity index (χ1n) is 8.12. The second-order valence-corrected chi connectivity index (χ2v) is 6.43. The third-order valence-electron chi connectivity index (χ3n) is 4.09. The fraction of sp³-hybridized carbons (Fsp3) is 0.263. The fourth-order valence-corrected chi connectivity index (χ4v) is 2.92. The molecule has 0 bridgehead atoms. The molecule has 0 radical (unpaired) electrons. The van der Waals surface area contributed by atoms with E-state index in [0.717, 1.165) is 11.3 Å². The van der Waals surface area contributed by atoms with Crippen molar-refractivity contribution in [2.45, 2.75) is 13.0 Å². The first-order valence-corrected chi connectivity index (χ1v) is 8.50. The third kappa shape index (κ3) is 4.73. The van der Waals surface area contributed by atoms with E-state index in [9.17, 15) is 9.59 Å². The number of halogens is 1. The molecule has 1 heterocycles. The lowest BCUT2D eigenvalue weighted by molar-refractivity contribution is -0.117. The normalized spacial score (nSPS) is 16.8. The van der Waals surface area contributed by atoms with Gasteiger partial charge in [-0.05, 0) is 29.8 Å². The van der Waals surface area contributed by atoms with Gasteiger partial charge in [0.05, 0.1) is 0 Å². The minimum Gasteiger partial charge on any atom is -0.445 e. The van der Waals surface area contributed by atoms with E-state index in [1.165, 1.54) is 0 Å². The summed E-state index contributed by atoms with van der Waals surface area (Å²) < 4.78 is 5.18. The van der Waals surface area contributed by atoms with Gasteiger partial charge < -0.3 is 15.0 Å². The molecule has 1 fully saturated rings. The molecule has 2 amide bonds. The maximum atomic E-state index is 12.2. The van der Waals surface area contributed by atoms with Crippen LogP contribution in [-0.4, -0.2) is 25.1 Å². The number of carbonyl (C=O) groups excluding carboxylic acids is 2. The first kappa shape index (κ1) is 17.3. The Bertz CT molecular complexity index is 734. The predicted molar refractivity (Wildman–Crippen MR) is 96.5 cm³/mol. The number of alkyl carbamates (subject to hydrolysis) is 1. The maximum absolute atomic E-state index is 12.2. The fourth-order valence-electron chi connectivity index (χ4n) is 2.79. The lowest BCUT2D eigenvalue weighted by atomic mass is 10.1. The molecule has 3 rings (SSSR count). The zero-order valence-corrected chi connectivity index (χ0v) is 14.4. The second-order valence-electron chi connectivity index (χ2n) is 5.99. The van der Waals surface area contributed by atoms with Crippen LogP contribution in [0.15, 0.2) is 54.6 Å². The summed E-state index contributed by atoms with van der Waals surface area (Å²) in [4.78, 5) is 25.7. The van der Waals surface area contributed by atoms with E-state index in [-0.39, 0.29) is 18.4 Å². The van der Waals surface area contributed by atoms with Gasteiger partial charge in [-0.2, -0.15) is 0 Å². The Kier molecular flexibility index (Phi) is 5.56. The molecule has 6 heteroatoms. The maximum Gasteiger partial charge on any atom is 0.407 e. The number of hydrogen-bond donors (Lipinski definition) is 1. The van der Waals surface area contributed by atoms with Gasteiger partial charge >= 0.3 is 6.09 Å². The summed E-state index contributed by atoms with van der Waals surface area (Å²) in [5.41, 5.74) is 1.76. The van der Waals surface area contributed by atoms with E-state index in [1.807, 2.05) is 42.5 Å². The molecular weight excluding hydrogens is 340 g/mol. The Balaban J connectivity index is 1.45. The van der Waals surface area contributed by atoms with Crippen LogP contribution in [0, 0.1) is 5.92 Å².